The molecule has 0 spiro atoms. The first-order valence-corrected chi connectivity index (χ1v) is 12.3. The Morgan fingerprint density at radius 1 is 1.21 bits per heavy atom. The van der Waals surface area contributed by atoms with Gasteiger partial charge in [-0.25, -0.2) is 4.21 Å². The van der Waals surface area contributed by atoms with Gasteiger partial charge >= 0.3 is 0 Å². The first-order valence-electron chi connectivity index (χ1n) is 5.97. The zero-order valence-electron chi connectivity index (χ0n) is 11.2. The van der Waals surface area contributed by atoms with Gasteiger partial charge in [-0.2, -0.15) is 0 Å². The summed E-state index contributed by atoms with van der Waals surface area (Å²) in [5, 5.41) is 0. The van der Waals surface area contributed by atoms with Crippen LogP contribution in [-0.2, 0) is 20.6 Å². The summed E-state index contributed by atoms with van der Waals surface area (Å²) in [5.41, 5.74) is 0. The standard InChI is InChI=1S/C12H20O2S5/c1-5-7-15-17-11-9(3)10(4)12(18(11)13)19(14)16-8-6-2/h5-6,9-12H,1-2,7-8H2,3-4H3. The Hall–Kier alpha value is 0.830. The van der Waals surface area contributed by atoms with E-state index in [1.54, 1.807) is 27.7 Å². The minimum atomic E-state index is -1.10. The average molecular weight is 357 g/mol. The number of hydrogen-bond donors (Lipinski definition) is 0. The van der Waals surface area contributed by atoms with Crippen LogP contribution in [0, 0.1) is 11.8 Å². The molecule has 0 N–H and O–H groups in total. The summed E-state index contributed by atoms with van der Waals surface area (Å²) in [6, 6.07) is 0. The van der Waals surface area contributed by atoms with Gasteiger partial charge in [-0.1, -0.05) is 58.4 Å². The normalized spacial score (nSPS) is 36.0. The van der Waals surface area contributed by atoms with Gasteiger partial charge in [0.15, 0.2) is 0 Å². The molecule has 1 aliphatic rings. The molecule has 0 aliphatic carbocycles. The lowest BCUT2D eigenvalue weighted by Gasteiger charge is -2.15. The molecule has 19 heavy (non-hydrogen) atoms. The van der Waals surface area contributed by atoms with E-state index in [1.807, 2.05) is 6.08 Å². The molecule has 0 aromatic rings. The minimum Gasteiger partial charge on any atom is -0.257 e. The van der Waals surface area contributed by atoms with Gasteiger partial charge in [0.2, 0.25) is 0 Å². The van der Waals surface area contributed by atoms with Crippen molar-refractivity contribution in [2.45, 2.75) is 23.0 Å². The summed E-state index contributed by atoms with van der Waals surface area (Å²) >= 11 is 0. The van der Waals surface area contributed by atoms with Crippen LogP contribution in [0.5, 0.6) is 0 Å². The molecule has 0 saturated carbocycles. The number of hydrogen-bond acceptors (Lipinski definition) is 5. The van der Waals surface area contributed by atoms with Crippen LogP contribution < -0.4 is 0 Å². The van der Waals surface area contributed by atoms with Gasteiger partial charge in [0, 0.05) is 11.5 Å². The Labute approximate surface area is 132 Å². The molecule has 6 atom stereocenters. The monoisotopic (exact) mass is 356 g/mol. The van der Waals surface area contributed by atoms with Crippen molar-refractivity contribution in [2.24, 2.45) is 11.8 Å². The van der Waals surface area contributed by atoms with Crippen molar-refractivity contribution in [1.82, 2.24) is 0 Å². The van der Waals surface area contributed by atoms with Crippen molar-refractivity contribution in [1.29, 1.82) is 0 Å². The van der Waals surface area contributed by atoms with Crippen molar-refractivity contribution < 1.29 is 8.42 Å². The lowest BCUT2D eigenvalue weighted by atomic mass is 10.0. The molecule has 1 heterocycles. The predicted octanol–water partition coefficient (Wildman–Crippen LogP) is 3.82. The fourth-order valence-electron chi connectivity index (χ4n) is 1.77. The topological polar surface area (TPSA) is 34.1 Å². The maximum absolute atomic E-state index is 12.5. The molecule has 0 bridgehead atoms. The Kier molecular flexibility index (Phi) is 8.44. The molecule has 0 aromatic carbocycles. The Balaban J connectivity index is 2.69. The summed E-state index contributed by atoms with van der Waals surface area (Å²) in [7, 11) is 2.53. The molecule has 0 amide bonds. The molecular formula is C12H20O2S5. The first kappa shape index (κ1) is 17.9. The highest BCUT2D eigenvalue weighted by atomic mass is 33.1. The Morgan fingerprint density at radius 2 is 1.84 bits per heavy atom. The van der Waals surface area contributed by atoms with E-state index in [9.17, 15) is 8.42 Å². The molecule has 7 heteroatoms. The van der Waals surface area contributed by atoms with Crippen molar-refractivity contribution >= 4 is 53.0 Å². The van der Waals surface area contributed by atoms with Gasteiger partial charge in [0.1, 0.15) is 4.58 Å². The highest BCUT2D eigenvalue weighted by Crippen LogP contribution is 2.47. The van der Waals surface area contributed by atoms with Crippen LogP contribution in [0.4, 0.5) is 0 Å². The Morgan fingerprint density at radius 3 is 2.42 bits per heavy atom. The van der Waals surface area contributed by atoms with E-state index in [2.05, 4.69) is 27.0 Å². The lowest BCUT2D eigenvalue weighted by molar-refractivity contribution is 0.466. The SMILES string of the molecule is C=CCSSC1C(C)C(C)C(S(=O)SCC=C)S1=O. The van der Waals surface area contributed by atoms with Crippen LogP contribution in [0.1, 0.15) is 13.8 Å². The van der Waals surface area contributed by atoms with Gasteiger partial charge in [0.05, 0.1) is 25.2 Å². The maximum Gasteiger partial charge on any atom is 0.124 e. The summed E-state index contributed by atoms with van der Waals surface area (Å²) in [4.78, 5) is 0. The van der Waals surface area contributed by atoms with E-state index in [4.69, 9.17) is 0 Å². The Bertz CT molecular complexity index is 371. The smallest absolute Gasteiger partial charge is 0.124 e. The molecule has 0 aromatic heterocycles. The van der Waals surface area contributed by atoms with Crippen LogP contribution >= 0.6 is 32.4 Å². The lowest BCUT2D eigenvalue weighted by Crippen LogP contribution is -2.21. The third-order valence-electron chi connectivity index (χ3n) is 2.99. The third kappa shape index (κ3) is 4.66. The van der Waals surface area contributed by atoms with Gasteiger partial charge in [-0.3, -0.25) is 4.21 Å². The third-order valence-corrected chi connectivity index (χ3v) is 13.1. The molecule has 1 saturated heterocycles. The molecule has 1 aliphatic heterocycles. The van der Waals surface area contributed by atoms with Crippen LogP contribution in [-0.4, -0.2) is 29.1 Å². The molecule has 110 valence electrons. The highest BCUT2D eigenvalue weighted by Gasteiger charge is 2.48. The van der Waals surface area contributed by atoms with Crippen molar-refractivity contribution in [2.75, 3.05) is 11.5 Å². The second-order valence-corrected chi connectivity index (χ2v) is 12.4. The van der Waals surface area contributed by atoms with Gasteiger partial charge in [0.25, 0.3) is 0 Å². The van der Waals surface area contributed by atoms with Crippen molar-refractivity contribution in [3.05, 3.63) is 25.3 Å². The first-order chi connectivity index (χ1) is 9.04. The molecule has 2 nitrogen and oxygen atoms in total. The van der Waals surface area contributed by atoms with Crippen LogP contribution in [0.15, 0.2) is 25.3 Å². The predicted molar refractivity (Wildman–Crippen MR) is 95.1 cm³/mol. The van der Waals surface area contributed by atoms with E-state index in [0.29, 0.717) is 11.7 Å². The van der Waals surface area contributed by atoms with E-state index < -0.39 is 20.6 Å². The molecule has 1 rings (SSSR count). The average Bonchev–Trinajstić information content (AvgIpc) is 2.60. The zero-order chi connectivity index (χ0) is 14.4. The van der Waals surface area contributed by atoms with Crippen molar-refractivity contribution in [3.8, 4) is 0 Å². The van der Waals surface area contributed by atoms with E-state index in [-0.39, 0.29) is 15.1 Å². The van der Waals surface area contributed by atoms with Crippen LogP contribution in [0.3, 0.4) is 0 Å². The van der Waals surface area contributed by atoms with Crippen LogP contribution in [0.2, 0.25) is 0 Å². The van der Waals surface area contributed by atoms with E-state index >= 15 is 0 Å². The molecule has 0 radical (unpaired) electrons. The van der Waals surface area contributed by atoms with Gasteiger partial charge in [-0.05, 0) is 11.8 Å². The minimum absolute atomic E-state index is 0.0678. The fourth-order valence-corrected chi connectivity index (χ4v) is 12.4. The number of rotatable bonds is 8. The molecule has 6 unspecified atom stereocenters. The molecular weight excluding hydrogens is 336 g/mol. The second kappa shape index (κ2) is 8.97. The van der Waals surface area contributed by atoms with E-state index in [1.165, 1.54) is 10.8 Å². The van der Waals surface area contributed by atoms with Gasteiger partial charge < -0.3 is 0 Å². The van der Waals surface area contributed by atoms with Gasteiger partial charge in [-0.15, -0.1) is 13.2 Å². The highest BCUT2D eigenvalue weighted by molar-refractivity contribution is 8.78. The van der Waals surface area contributed by atoms with E-state index in [0.717, 1.165) is 5.75 Å². The maximum atomic E-state index is 12.5. The summed E-state index contributed by atoms with van der Waals surface area (Å²) in [6.07, 6.45) is 3.58. The largest absolute Gasteiger partial charge is 0.257 e. The van der Waals surface area contributed by atoms with Crippen molar-refractivity contribution in [3.63, 3.8) is 0 Å². The molecule has 1 fully saturated rings. The summed E-state index contributed by atoms with van der Waals surface area (Å²) in [5.74, 6) is 2.03. The second-order valence-electron chi connectivity index (χ2n) is 4.29. The van der Waals surface area contributed by atoms with Crippen LogP contribution in [0.25, 0.3) is 0 Å². The summed E-state index contributed by atoms with van der Waals surface area (Å²) in [6.45, 7) is 11.5. The zero-order valence-corrected chi connectivity index (χ0v) is 15.2. The fraction of sp³-hybridized carbons (Fsp3) is 0.667. The summed E-state index contributed by atoms with van der Waals surface area (Å²) < 4.78 is 24.6. The quantitative estimate of drug-likeness (QED) is 0.375.